The molecule has 128 valence electrons. The van der Waals surface area contributed by atoms with Gasteiger partial charge in [0.05, 0.1) is 13.0 Å². The number of nitrogens with one attached hydrogen (secondary N) is 2. The molecule has 1 aliphatic rings. The summed E-state index contributed by atoms with van der Waals surface area (Å²) in [5.74, 6) is 0.678. The lowest BCUT2D eigenvalue weighted by molar-refractivity contribution is -0.121. The minimum Gasteiger partial charge on any atom is -0.493 e. The molecule has 2 amide bonds. The number of hydrogen-bond acceptors (Lipinski definition) is 4. The van der Waals surface area contributed by atoms with Gasteiger partial charge in [-0.05, 0) is 56.1 Å². The van der Waals surface area contributed by atoms with Crippen LogP contribution in [0.5, 0.6) is 5.75 Å². The Bertz CT molecular complexity index is 502. The van der Waals surface area contributed by atoms with Crippen LogP contribution in [0.2, 0.25) is 0 Å². The van der Waals surface area contributed by atoms with E-state index in [-0.39, 0.29) is 18.3 Å². The van der Waals surface area contributed by atoms with Gasteiger partial charge in [-0.15, -0.1) is 12.4 Å². The van der Waals surface area contributed by atoms with E-state index in [1.807, 2.05) is 0 Å². The summed E-state index contributed by atoms with van der Waals surface area (Å²) < 4.78 is 5.48. The van der Waals surface area contributed by atoms with Crippen molar-refractivity contribution >= 4 is 24.2 Å². The normalized spacial score (nSPS) is 17.0. The predicted molar refractivity (Wildman–Crippen MR) is 90.9 cm³/mol. The molecule has 1 atom stereocenters. The third kappa shape index (κ3) is 6.88. The second-order valence-corrected chi connectivity index (χ2v) is 5.50. The first-order valence-electron chi connectivity index (χ1n) is 7.65. The van der Waals surface area contributed by atoms with Crippen LogP contribution in [0.25, 0.3) is 0 Å². The SMILES string of the molecule is Cl.NC(=O)c1ccc(OCCC(=O)NCC2CCCNC2)cc1. The molecule has 1 saturated heterocycles. The molecule has 23 heavy (non-hydrogen) atoms. The topological polar surface area (TPSA) is 93.5 Å². The van der Waals surface area contributed by atoms with Gasteiger partial charge in [0.1, 0.15) is 5.75 Å². The number of carbonyl (C=O) groups is 2. The number of nitrogens with two attached hydrogens (primary N) is 1. The molecule has 1 aliphatic heterocycles. The summed E-state index contributed by atoms with van der Waals surface area (Å²) in [5.41, 5.74) is 5.60. The summed E-state index contributed by atoms with van der Waals surface area (Å²) in [6.45, 7) is 3.08. The lowest BCUT2D eigenvalue weighted by atomic mass is 10.00. The zero-order valence-electron chi connectivity index (χ0n) is 13.0. The lowest BCUT2D eigenvalue weighted by Crippen LogP contribution is -2.38. The Kier molecular flexibility index (Phi) is 8.43. The Morgan fingerprint density at radius 2 is 2.04 bits per heavy atom. The molecular formula is C16H24ClN3O3. The molecule has 1 heterocycles. The molecule has 1 aromatic carbocycles. The smallest absolute Gasteiger partial charge is 0.248 e. The molecular weight excluding hydrogens is 318 g/mol. The highest BCUT2D eigenvalue weighted by Crippen LogP contribution is 2.12. The molecule has 0 spiro atoms. The van der Waals surface area contributed by atoms with E-state index in [0.29, 0.717) is 30.3 Å². The number of carbonyl (C=O) groups excluding carboxylic acids is 2. The van der Waals surface area contributed by atoms with Gasteiger partial charge in [0.2, 0.25) is 11.8 Å². The van der Waals surface area contributed by atoms with Crippen molar-refractivity contribution in [2.45, 2.75) is 19.3 Å². The first-order chi connectivity index (χ1) is 10.6. The van der Waals surface area contributed by atoms with Gasteiger partial charge in [-0.2, -0.15) is 0 Å². The van der Waals surface area contributed by atoms with Gasteiger partial charge in [0.15, 0.2) is 0 Å². The highest BCUT2D eigenvalue weighted by molar-refractivity contribution is 5.92. The fourth-order valence-corrected chi connectivity index (χ4v) is 2.42. The number of halogens is 1. The molecule has 0 radical (unpaired) electrons. The summed E-state index contributed by atoms with van der Waals surface area (Å²) in [6, 6.07) is 6.55. The summed E-state index contributed by atoms with van der Waals surface area (Å²) in [6.07, 6.45) is 2.65. The molecule has 2 rings (SSSR count). The highest BCUT2D eigenvalue weighted by Gasteiger charge is 2.13. The number of amides is 2. The van der Waals surface area contributed by atoms with Crippen molar-refractivity contribution < 1.29 is 14.3 Å². The van der Waals surface area contributed by atoms with Crippen molar-refractivity contribution in [3.05, 3.63) is 29.8 Å². The maximum Gasteiger partial charge on any atom is 0.248 e. The average molecular weight is 342 g/mol. The third-order valence-electron chi connectivity index (χ3n) is 3.72. The van der Waals surface area contributed by atoms with E-state index in [9.17, 15) is 9.59 Å². The molecule has 6 nitrogen and oxygen atoms in total. The van der Waals surface area contributed by atoms with Crippen LogP contribution in [0.4, 0.5) is 0 Å². The van der Waals surface area contributed by atoms with Crippen molar-refractivity contribution in [3.8, 4) is 5.75 Å². The maximum atomic E-state index is 11.7. The Labute approximate surface area is 142 Å². The van der Waals surface area contributed by atoms with Crippen molar-refractivity contribution in [2.75, 3.05) is 26.2 Å². The molecule has 0 bridgehead atoms. The molecule has 7 heteroatoms. The van der Waals surface area contributed by atoms with Crippen LogP contribution < -0.4 is 21.1 Å². The van der Waals surface area contributed by atoms with Gasteiger partial charge in [-0.3, -0.25) is 9.59 Å². The second-order valence-electron chi connectivity index (χ2n) is 5.50. The number of ether oxygens (including phenoxy) is 1. The van der Waals surface area contributed by atoms with Crippen molar-refractivity contribution in [3.63, 3.8) is 0 Å². The van der Waals surface area contributed by atoms with E-state index in [1.165, 1.54) is 6.42 Å². The zero-order valence-corrected chi connectivity index (χ0v) is 13.9. The van der Waals surface area contributed by atoms with Crippen LogP contribution in [-0.2, 0) is 4.79 Å². The first kappa shape index (κ1) is 19.3. The number of piperidine rings is 1. The molecule has 0 saturated carbocycles. The predicted octanol–water partition coefficient (Wildman–Crippen LogP) is 1.09. The lowest BCUT2D eigenvalue weighted by Gasteiger charge is -2.22. The fraction of sp³-hybridized carbons (Fsp3) is 0.500. The van der Waals surface area contributed by atoms with Crippen LogP contribution in [0.1, 0.15) is 29.6 Å². The van der Waals surface area contributed by atoms with Gasteiger partial charge >= 0.3 is 0 Å². The summed E-state index contributed by atoms with van der Waals surface area (Å²) in [5, 5.41) is 6.27. The summed E-state index contributed by atoms with van der Waals surface area (Å²) in [4.78, 5) is 22.7. The van der Waals surface area contributed by atoms with Crippen LogP contribution in [0.15, 0.2) is 24.3 Å². The largest absolute Gasteiger partial charge is 0.493 e. The van der Waals surface area contributed by atoms with Crippen LogP contribution >= 0.6 is 12.4 Å². The molecule has 1 unspecified atom stereocenters. The molecule has 4 N–H and O–H groups in total. The van der Waals surface area contributed by atoms with Gasteiger partial charge in [0.25, 0.3) is 0 Å². The Morgan fingerprint density at radius 1 is 1.30 bits per heavy atom. The first-order valence-corrected chi connectivity index (χ1v) is 7.65. The number of rotatable bonds is 7. The van der Waals surface area contributed by atoms with Crippen LogP contribution in [0.3, 0.4) is 0 Å². The number of benzene rings is 1. The van der Waals surface area contributed by atoms with E-state index in [2.05, 4.69) is 10.6 Å². The molecule has 0 aliphatic carbocycles. The number of hydrogen-bond donors (Lipinski definition) is 3. The van der Waals surface area contributed by atoms with E-state index in [1.54, 1.807) is 24.3 Å². The third-order valence-corrected chi connectivity index (χ3v) is 3.72. The minimum atomic E-state index is -0.469. The summed E-state index contributed by atoms with van der Waals surface area (Å²) in [7, 11) is 0. The zero-order chi connectivity index (χ0) is 15.8. The van der Waals surface area contributed by atoms with Crippen molar-refractivity contribution in [1.82, 2.24) is 10.6 Å². The summed E-state index contributed by atoms with van der Waals surface area (Å²) >= 11 is 0. The van der Waals surface area contributed by atoms with E-state index >= 15 is 0 Å². The van der Waals surface area contributed by atoms with E-state index < -0.39 is 5.91 Å². The number of primary amides is 1. The second kappa shape index (κ2) is 10.1. The van der Waals surface area contributed by atoms with Crippen LogP contribution in [-0.4, -0.2) is 38.1 Å². The monoisotopic (exact) mass is 341 g/mol. The molecule has 1 aromatic rings. The van der Waals surface area contributed by atoms with Crippen molar-refractivity contribution in [1.29, 1.82) is 0 Å². The fourth-order valence-electron chi connectivity index (χ4n) is 2.42. The maximum absolute atomic E-state index is 11.7. The Morgan fingerprint density at radius 3 is 2.65 bits per heavy atom. The standard InChI is InChI=1S/C16H23N3O3.ClH/c17-16(21)13-3-5-14(6-4-13)22-9-7-15(20)19-11-12-2-1-8-18-10-12;/h3-6,12,18H,1-2,7-11H2,(H2,17,21)(H,19,20);1H. The van der Waals surface area contributed by atoms with Gasteiger partial charge < -0.3 is 21.1 Å². The van der Waals surface area contributed by atoms with Crippen molar-refractivity contribution in [2.24, 2.45) is 11.7 Å². The van der Waals surface area contributed by atoms with Gasteiger partial charge in [0, 0.05) is 12.1 Å². The van der Waals surface area contributed by atoms with Gasteiger partial charge in [-0.1, -0.05) is 0 Å². The average Bonchev–Trinajstić information content (AvgIpc) is 2.54. The quantitative estimate of drug-likeness (QED) is 0.692. The molecule has 1 fully saturated rings. The highest BCUT2D eigenvalue weighted by atomic mass is 35.5. The van der Waals surface area contributed by atoms with E-state index in [4.69, 9.17) is 10.5 Å². The molecule has 0 aromatic heterocycles. The van der Waals surface area contributed by atoms with Gasteiger partial charge in [-0.25, -0.2) is 0 Å². The Hall–Kier alpha value is -1.79. The Balaban J connectivity index is 0.00000264. The van der Waals surface area contributed by atoms with E-state index in [0.717, 1.165) is 26.1 Å². The minimum absolute atomic E-state index is 0. The van der Waals surface area contributed by atoms with Crippen LogP contribution in [0, 0.1) is 5.92 Å².